The molecule has 0 amide bonds. The molecular weight excluding hydrogens is 1350 g/mol. The van der Waals surface area contributed by atoms with E-state index in [9.17, 15) is 0 Å². The van der Waals surface area contributed by atoms with Gasteiger partial charge in [-0.1, -0.05) is 231 Å². The summed E-state index contributed by atoms with van der Waals surface area (Å²) in [5, 5.41) is 13.1. The van der Waals surface area contributed by atoms with Crippen molar-refractivity contribution in [2.45, 2.75) is 0 Å². The summed E-state index contributed by atoms with van der Waals surface area (Å²) in [6, 6.07) is 133. The Kier molecular flexibility index (Phi) is 14.3. The molecule has 15 aromatic carbocycles. The summed E-state index contributed by atoms with van der Waals surface area (Å²) in [4.78, 5) is 21.0. The number of hydrogen-bond donors (Lipinski definition) is 0. The van der Waals surface area contributed by atoms with Crippen LogP contribution in [0.3, 0.4) is 0 Å². The minimum Gasteiger partial charge on any atom is -0.309 e. The van der Waals surface area contributed by atoms with Gasteiger partial charge in [0.05, 0.1) is 76.8 Å². The first-order valence-electron chi connectivity index (χ1n) is 36.9. The fourth-order valence-electron chi connectivity index (χ4n) is 17.0. The first kappa shape index (κ1) is 62.0. The molecule has 0 radical (unpaired) electrons. The predicted octanol–water partition coefficient (Wildman–Crippen LogP) is 26.4. The molecule has 0 aliphatic heterocycles. The molecule has 23 rings (SSSR count). The van der Waals surface area contributed by atoms with Crippen molar-refractivity contribution >= 4 is 141 Å². The third-order valence-electron chi connectivity index (χ3n) is 21.8. The molecule has 8 heterocycles. The summed E-state index contributed by atoms with van der Waals surface area (Å²) >= 11 is 1.76. The van der Waals surface area contributed by atoms with Gasteiger partial charge in [-0.2, -0.15) is 0 Å². The number of aromatic nitrogens is 8. The lowest BCUT2D eigenvalue weighted by molar-refractivity contribution is 1.18. The Balaban J connectivity index is 0.000000135. The summed E-state index contributed by atoms with van der Waals surface area (Å²) < 4.78 is 11.9. The fourth-order valence-corrected chi connectivity index (χ4v) is 18.2. The first-order chi connectivity index (χ1) is 54.1. The van der Waals surface area contributed by atoms with Crippen LogP contribution in [0.2, 0.25) is 0 Å². The van der Waals surface area contributed by atoms with Crippen LogP contribution in [0.15, 0.2) is 376 Å². The van der Waals surface area contributed by atoms with E-state index in [0.717, 1.165) is 116 Å². The number of benzene rings is 15. The van der Waals surface area contributed by atoms with E-state index in [0.29, 0.717) is 5.82 Å². The molecule has 0 unspecified atom stereocenters. The van der Waals surface area contributed by atoms with Gasteiger partial charge in [0.1, 0.15) is 0 Å². The molecule has 508 valence electrons. The van der Waals surface area contributed by atoms with Gasteiger partial charge in [-0.05, 0) is 162 Å². The Bertz CT molecular complexity index is 7580. The molecular formula is C100H62N8S. The van der Waals surface area contributed by atoms with E-state index in [4.69, 9.17) is 19.9 Å². The van der Waals surface area contributed by atoms with Crippen LogP contribution < -0.4 is 0 Å². The molecule has 0 spiro atoms. The lowest BCUT2D eigenvalue weighted by Crippen LogP contribution is -1.97. The van der Waals surface area contributed by atoms with Gasteiger partial charge < -0.3 is 18.3 Å². The molecule has 0 fully saturated rings. The van der Waals surface area contributed by atoms with Gasteiger partial charge in [-0.15, -0.1) is 11.3 Å². The highest BCUT2D eigenvalue weighted by Crippen LogP contribution is 2.48. The minimum absolute atomic E-state index is 0.708. The van der Waals surface area contributed by atoms with Crippen LogP contribution in [0.4, 0.5) is 0 Å². The van der Waals surface area contributed by atoms with Crippen molar-refractivity contribution in [3.63, 3.8) is 0 Å². The summed E-state index contributed by atoms with van der Waals surface area (Å²) in [5.74, 6) is 0.708. The van der Waals surface area contributed by atoms with Crippen molar-refractivity contribution in [2.75, 3.05) is 0 Å². The smallest absolute Gasteiger partial charge is 0.160 e. The van der Waals surface area contributed by atoms with Crippen molar-refractivity contribution in [3.05, 3.63) is 376 Å². The van der Waals surface area contributed by atoms with Crippen molar-refractivity contribution in [1.29, 1.82) is 0 Å². The maximum absolute atomic E-state index is 5.45. The Labute approximate surface area is 629 Å². The lowest BCUT2D eigenvalue weighted by atomic mass is 9.94. The first-order valence-corrected chi connectivity index (χ1v) is 37.7. The zero-order valence-corrected chi connectivity index (χ0v) is 59.6. The molecule has 0 aliphatic rings. The second kappa shape index (κ2) is 25.2. The van der Waals surface area contributed by atoms with Crippen LogP contribution in [-0.4, -0.2) is 38.2 Å². The summed E-state index contributed by atoms with van der Waals surface area (Å²) in [5.41, 5.74) is 26.3. The predicted molar refractivity (Wildman–Crippen MR) is 457 cm³/mol. The maximum atomic E-state index is 5.45. The third-order valence-corrected chi connectivity index (χ3v) is 23.0. The molecule has 0 N–H and O–H groups in total. The van der Waals surface area contributed by atoms with E-state index in [1.165, 1.54) is 86.5 Å². The SMILES string of the molecule is c1ccc(-c2nc(-c3cc(-c4ccc5c(c4)c4ccccc4n5-c4ccccc4)c4c5ccccc5n(-c5ccccc5)c4c3)nc3c2sc2ccccc23)cc1.c1ccc(-n2c3ccccc3c3cc(-c4cc(-c5ccc6ccc7cccnc7c6n5)cc5c4c4ccccc4n5-c4ccccc4)ccc32)cc1. The van der Waals surface area contributed by atoms with Crippen molar-refractivity contribution < 1.29 is 0 Å². The second-order valence-electron chi connectivity index (χ2n) is 28.0. The number of thiophene rings is 1. The van der Waals surface area contributed by atoms with Gasteiger partial charge in [0.2, 0.25) is 0 Å². The van der Waals surface area contributed by atoms with Crippen LogP contribution >= 0.6 is 11.3 Å². The number of para-hydroxylation sites is 8. The number of pyridine rings is 2. The molecule has 0 saturated heterocycles. The largest absolute Gasteiger partial charge is 0.309 e. The normalized spacial score (nSPS) is 11.9. The topological polar surface area (TPSA) is 71.3 Å². The highest BCUT2D eigenvalue weighted by molar-refractivity contribution is 7.26. The van der Waals surface area contributed by atoms with Gasteiger partial charge in [0, 0.05) is 110 Å². The average Bonchev–Trinajstić information content (AvgIpc) is 1.59. The van der Waals surface area contributed by atoms with Gasteiger partial charge in [0.15, 0.2) is 5.82 Å². The maximum Gasteiger partial charge on any atom is 0.160 e. The van der Waals surface area contributed by atoms with Crippen molar-refractivity contribution in [3.8, 4) is 78.9 Å². The van der Waals surface area contributed by atoms with E-state index >= 15 is 0 Å². The Morgan fingerprint density at radius 2 is 0.651 bits per heavy atom. The van der Waals surface area contributed by atoms with Crippen LogP contribution in [0.5, 0.6) is 0 Å². The zero-order chi connectivity index (χ0) is 71.6. The van der Waals surface area contributed by atoms with E-state index < -0.39 is 0 Å². The molecule has 0 aliphatic carbocycles. The van der Waals surface area contributed by atoms with Crippen LogP contribution in [-0.2, 0) is 0 Å². The molecule has 0 bridgehead atoms. The number of hydrogen-bond acceptors (Lipinski definition) is 5. The van der Waals surface area contributed by atoms with E-state index in [1.54, 1.807) is 11.3 Å². The van der Waals surface area contributed by atoms with Crippen molar-refractivity contribution in [1.82, 2.24) is 38.2 Å². The number of rotatable bonds is 9. The molecule has 0 atom stereocenters. The van der Waals surface area contributed by atoms with Gasteiger partial charge >= 0.3 is 0 Å². The molecule has 8 aromatic heterocycles. The Morgan fingerprint density at radius 3 is 1.18 bits per heavy atom. The van der Waals surface area contributed by atoms with Crippen LogP contribution in [0.25, 0.3) is 208 Å². The molecule has 23 aromatic rings. The average molecular weight is 1410 g/mol. The van der Waals surface area contributed by atoms with Gasteiger partial charge in [0.25, 0.3) is 0 Å². The molecule has 0 saturated carbocycles. The highest BCUT2D eigenvalue weighted by Gasteiger charge is 2.25. The zero-order valence-electron chi connectivity index (χ0n) is 58.8. The molecule has 9 heteroatoms. The quantitative estimate of drug-likeness (QED) is 0.135. The van der Waals surface area contributed by atoms with Crippen LogP contribution in [0.1, 0.15) is 0 Å². The monoisotopic (exact) mass is 1410 g/mol. The van der Waals surface area contributed by atoms with Crippen LogP contribution in [0, 0.1) is 0 Å². The third kappa shape index (κ3) is 10.1. The molecule has 8 nitrogen and oxygen atoms in total. The number of nitrogens with zero attached hydrogens (tertiary/aromatic N) is 8. The molecule has 109 heavy (non-hydrogen) atoms. The Morgan fingerprint density at radius 1 is 0.239 bits per heavy atom. The number of fused-ring (bicyclic) bond motifs is 18. The second-order valence-corrected chi connectivity index (χ2v) is 29.1. The summed E-state index contributed by atoms with van der Waals surface area (Å²) in [6.45, 7) is 0. The van der Waals surface area contributed by atoms with E-state index in [2.05, 4.69) is 382 Å². The lowest BCUT2D eigenvalue weighted by Gasteiger charge is -2.13. The van der Waals surface area contributed by atoms with Gasteiger partial charge in [-0.3, -0.25) is 4.98 Å². The Hall–Kier alpha value is -14.4. The summed E-state index contributed by atoms with van der Waals surface area (Å²) in [7, 11) is 0. The summed E-state index contributed by atoms with van der Waals surface area (Å²) in [6.07, 6.45) is 1.85. The fraction of sp³-hybridized carbons (Fsp3) is 0. The van der Waals surface area contributed by atoms with E-state index in [-0.39, 0.29) is 0 Å². The minimum atomic E-state index is 0.708. The standard InChI is InChI=1S/C52H32N4S.C48H30N4/c1-4-16-33(17-5-1)49-51-50(40-24-12-15-27-47(40)57-51)54-52(53-49)35-31-41(48-39-23-11-14-26-44(39)56(46(48)32-35)37-20-8-3-9-21-37)34-28-29-45-42(30-34)38-22-10-13-25-43(38)55(45)36-18-6-2-7-19-36;1-3-13-35(14-4-1)51-42-19-9-7-17-37(42)40-28-33(24-26-44(40)51)39-29-34(41-25-23-32-22-21-31-12-11-27-49-47(31)48(32)50-41)30-45-46(39)38-18-8-10-20-43(38)52(45)36-15-5-2-6-16-36/h1-32H;1-30H. The highest BCUT2D eigenvalue weighted by atomic mass is 32.1. The van der Waals surface area contributed by atoms with Gasteiger partial charge in [-0.25, -0.2) is 15.0 Å². The van der Waals surface area contributed by atoms with Crippen molar-refractivity contribution in [2.24, 2.45) is 0 Å². The van der Waals surface area contributed by atoms with E-state index in [1.807, 2.05) is 12.3 Å².